The number of hydrogen-bond donors (Lipinski definition) is 2. The van der Waals surface area contributed by atoms with Gasteiger partial charge in [0.15, 0.2) is 0 Å². The summed E-state index contributed by atoms with van der Waals surface area (Å²) in [7, 11) is 0. The molecule has 0 radical (unpaired) electrons. The van der Waals surface area contributed by atoms with Crippen LogP contribution in [0, 0.1) is 17.3 Å². The van der Waals surface area contributed by atoms with Gasteiger partial charge in [-0.05, 0) is 30.6 Å². The first-order valence-corrected chi connectivity index (χ1v) is 5.75. The molecule has 0 aromatic heterocycles. The lowest BCUT2D eigenvalue weighted by atomic mass is 9.69. The predicted molar refractivity (Wildman–Crippen MR) is 60.7 cm³/mol. The number of hydrogen-bond acceptors (Lipinski definition) is 2. The molecule has 0 aromatic carbocycles. The number of carboxylic acids is 1. The molecule has 0 heterocycles. The SMILES string of the molecule is CC(C)(C)C1CCC(C(=O)O)C(S)C1. The molecule has 3 heteroatoms. The Morgan fingerprint density at radius 2 is 1.93 bits per heavy atom. The van der Waals surface area contributed by atoms with Crippen molar-refractivity contribution in [3.05, 3.63) is 0 Å². The molecule has 0 bridgehead atoms. The van der Waals surface area contributed by atoms with Crippen LogP contribution in [0.25, 0.3) is 0 Å². The zero-order valence-electron chi connectivity index (χ0n) is 9.16. The fourth-order valence-electron chi connectivity index (χ4n) is 2.22. The molecule has 0 amide bonds. The smallest absolute Gasteiger partial charge is 0.307 e. The van der Waals surface area contributed by atoms with E-state index in [2.05, 4.69) is 33.4 Å². The molecule has 1 fully saturated rings. The lowest BCUT2D eigenvalue weighted by Crippen LogP contribution is -2.35. The summed E-state index contributed by atoms with van der Waals surface area (Å²) in [5.41, 5.74) is 0.282. The Morgan fingerprint density at radius 1 is 1.36 bits per heavy atom. The van der Waals surface area contributed by atoms with E-state index in [1.165, 1.54) is 0 Å². The van der Waals surface area contributed by atoms with E-state index < -0.39 is 5.97 Å². The zero-order chi connectivity index (χ0) is 10.9. The van der Waals surface area contributed by atoms with Crippen LogP contribution >= 0.6 is 12.6 Å². The molecule has 0 aromatic rings. The van der Waals surface area contributed by atoms with Crippen molar-refractivity contribution in [2.75, 3.05) is 0 Å². The van der Waals surface area contributed by atoms with E-state index in [4.69, 9.17) is 5.11 Å². The summed E-state index contributed by atoms with van der Waals surface area (Å²) < 4.78 is 0. The second-order valence-electron chi connectivity index (χ2n) is 5.39. The van der Waals surface area contributed by atoms with E-state index in [0.717, 1.165) is 19.3 Å². The first-order valence-electron chi connectivity index (χ1n) is 5.23. The van der Waals surface area contributed by atoms with E-state index in [9.17, 15) is 4.79 Å². The molecule has 0 spiro atoms. The third-order valence-corrected chi connectivity index (χ3v) is 3.93. The molecule has 1 rings (SSSR count). The fourth-order valence-corrected chi connectivity index (χ4v) is 2.75. The molecule has 1 saturated carbocycles. The average Bonchev–Trinajstić information content (AvgIpc) is 2.01. The van der Waals surface area contributed by atoms with Crippen LogP contribution in [-0.4, -0.2) is 16.3 Å². The van der Waals surface area contributed by atoms with Crippen LogP contribution in [0.5, 0.6) is 0 Å². The summed E-state index contributed by atoms with van der Waals surface area (Å²) in [6.07, 6.45) is 2.74. The molecular formula is C11H20O2S. The Balaban J connectivity index is 2.60. The molecule has 2 nitrogen and oxygen atoms in total. The Hall–Kier alpha value is -0.180. The van der Waals surface area contributed by atoms with Gasteiger partial charge in [-0.15, -0.1) is 0 Å². The first kappa shape index (κ1) is 11.9. The van der Waals surface area contributed by atoms with Gasteiger partial charge in [0.1, 0.15) is 0 Å². The molecule has 82 valence electrons. The summed E-state index contributed by atoms with van der Waals surface area (Å²) in [6.45, 7) is 6.66. The Bertz CT molecular complexity index is 220. The van der Waals surface area contributed by atoms with Gasteiger partial charge in [-0.1, -0.05) is 20.8 Å². The van der Waals surface area contributed by atoms with Gasteiger partial charge in [-0.3, -0.25) is 4.79 Å². The number of carbonyl (C=O) groups is 1. The van der Waals surface area contributed by atoms with E-state index in [-0.39, 0.29) is 16.6 Å². The highest BCUT2D eigenvalue weighted by Crippen LogP contribution is 2.41. The maximum atomic E-state index is 10.9. The van der Waals surface area contributed by atoms with E-state index >= 15 is 0 Å². The first-order chi connectivity index (χ1) is 6.32. The summed E-state index contributed by atoms with van der Waals surface area (Å²) in [6, 6.07) is 0. The van der Waals surface area contributed by atoms with Crippen LogP contribution < -0.4 is 0 Å². The van der Waals surface area contributed by atoms with Crippen LogP contribution in [0.3, 0.4) is 0 Å². The topological polar surface area (TPSA) is 37.3 Å². The monoisotopic (exact) mass is 216 g/mol. The number of aliphatic carboxylic acids is 1. The number of thiol groups is 1. The minimum Gasteiger partial charge on any atom is -0.481 e. The van der Waals surface area contributed by atoms with Gasteiger partial charge in [-0.25, -0.2) is 0 Å². The minimum absolute atomic E-state index is 0.0328. The molecule has 14 heavy (non-hydrogen) atoms. The molecule has 0 aliphatic heterocycles. The second-order valence-corrected chi connectivity index (χ2v) is 6.05. The maximum absolute atomic E-state index is 10.9. The van der Waals surface area contributed by atoms with Crippen LogP contribution in [-0.2, 0) is 4.79 Å². The van der Waals surface area contributed by atoms with Gasteiger partial charge in [0.2, 0.25) is 0 Å². The van der Waals surface area contributed by atoms with Crippen molar-refractivity contribution in [1.29, 1.82) is 0 Å². The minimum atomic E-state index is -0.683. The molecule has 1 aliphatic carbocycles. The predicted octanol–water partition coefficient (Wildman–Crippen LogP) is 2.83. The summed E-state index contributed by atoms with van der Waals surface area (Å²) >= 11 is 4.41. The molecule has 3 atom stereocenters. The van der Waals surface area contributed by atoms with Crippen molar-refractivity contribution >= 4 is 18.6 Å². The average molecular weight is 216 g/mol. The highest BCUT2D eigenvalue weighted by atomic mass is 32.1. The van der Waals surface area contributed by atoms with Crippen molar-refractivity contribution in [2.45, 2.75) is 45.3 Å². The largest absolute Gasteiger partial charge is 0.481 e. The molecule has 1 N–H and O–H groups in total. The fraction of sp³-hybridized carbons (Fsp3) is 0.909. The number of carboxylic acid groups (broad SMARTS) is 1. The van der Waals surface area contributed by atoms with Crippen molar-refractivity contribution in [1.82, 2.24) is 0 Å². The van der Waals surface area contributed by atoms with Crippen molar-refractivity contribution in [3.63, 3.8) is 0 Å². The van der Waals surface area contributed by atoms with E-state index in [0.29, 0.717) is 5.92 Å². The van der Waals surface area contributed by atoms with E-state index in [1.807, 2.05) is 0 Å². The molecule has 0 saturated heterocycles. The van der Waals surface area contributed by atoms with Crippen LogP contribution in [0.1, 0.15) is 40.0 Å². The standard InChI is InChI=1S/C11H20O2S/c1-11(2,3)7-4-5-8(10(12)13)9(14)6-7/h7-9,14H,4-6H2,1-3H3,(H,12,13). The summed E-state index contributed by atoms with van der Waals surface area (Å²) in [5, 5.41) is 8.98. The van der Waals surface area contributed by atoms with Gasteiger partial charge >= 0.3 is 5.97 Å². The van der Waals surface area contributed by atoms with Crippen LogP contribution in [0.4, 0.5) is 0 Å². The third kappa shape index (κ3) is 2.66. The molecule has 1 aliphatic rings. The highest BCUT2D eigenvalue weighted by Gasteiger charge is 2.37. The van der Waals surface area contributed by atoms with Gasteiger partial charge < -0.3 is 5.11 Å². The second kappa shape index (κ2) is 4.13. The normalized spacial score (nSPS) is 34.1. The van der Waals surface area contributed by atoms with Gasteiger partial charge in [0.25, 0.3) is 0 Å². The summed E-state index contributed by atoms with van der Waals surface area (Å²) in [5.74, 6) is -0.310. The van der Waals surface area contributed by atoms with Crippen molar-refractivity contribution in [3.8, 4) is 0 Å². The van der Waals surface area contributed by atoms with Gasteiger partial charge in [0, 0.05) is 5.25 Å². The lowest BCUT2D eigenvalue weighted by molar-refractivity contribution is -0.143. The molecule has 3 unspecified atom stereocenters. The van der Waals surface area contributed by atoms with Gasteiger partial charge in [0.05, 0.1) is 5.92 Å². The van der Waals surface area contributed by atoms with Gasteiger partial charge in [-0.2, -0.15) is 12.6 Å². The van der Waals surface area contributed by atoms with Crippen molar-refractivity contribution < 1.29 is 9.90 Å². The maximum Gasteiger partial charge on any atom is 0.307 e. The zero-order valence-corrected chi connectivity index (χ0v) is 10.1. The van der Waals surface area contributed by atoms with Crippen LogP contribution in [0.2, 0.25) is 0 Å². The quantitative estimate of drug-likeness (QED) is 0.661. The Kier molecular flexibility index (Phi) is 3.51. The lowest BCUT2D eigenvalue weighted by Gasteiger charge is -2.38. The van der Waals surface area contributed by atoms with Crippen LogP contribution in [0.15, 0.2) is 0 Å². The Morgan fingerprint density at radius 3 is 2.29 bits per heavy atom. The Labute approximate surface area is 91.5 Å². The number of rotatable bonds is 1. The van der Waals surface area contributed by atoms with E-state index in [1.54, 1.807) is 0 Å². The highest BCUT2D eigenvalue weighted by molar-refractivity contribution is 7.81. The summed E-state index contributed by atoms with van der Waals surface area (Å²) in [4.78, 5) is 10.9. The molecular weight excluding hydrogens is 196 g/mol. The van der Waals surface area contributed by atoms with Crippen molar-refractivity contribution in [2.24, 2.45) is 17.3 Å². The third-order valence-electron chi connectivity index (χ3n) is 3.36.